The highest BCUT2D eigenvalue weighted by Gasteiger charge is 2.30. The summed E-state index contributed by atoms with van der Waals surface area (Å²) in [5, 5.41) is 6.68. The molecule has 1 amide bonds. The number of amides is 1. The van der Waals surface area contributed by atoms with Crippen molar-refractivity contribution in [2.45, 2.75) is 19.4 Å². The van der Waals surface area contributed by atoms with E-state index in [4.69, 9.17) is 0 Å². The lowest BCUT2D eigenvalue weighted by Crippen LogP contribution is -2.33. The second-order valence-corrected chi connectivity index (χ2v) is 5.02. The number of benzene rings is 1. The number of carbonyl (C=O) groups excluding carboxylic acids is 1. The van der Waals surface area contributed by atoms with Gasteiger partial charge in [0.15, 0.2) is 0 Å². The van der Waals surface area contributed by atoms with Crippen LogP contribution >= 0.6 is 0 Å². The number of fused-ring (bicyclic) bond motifs is 1. The van der Waals surface area contributed by atoms with Gasteiger partial charge in [-0.15, -0.1) is 0 Å². The molecule has 0 spiro atoms. The number of aromatic nitrogens is 1. The quantitative estimate of drug-likeness (QED) is 0.842. The van der Waals surface area contributed by atoms with Crippen molar-refractivity contribution in [2.24, 2.45) is 10.1 Å². The Balaban J connectivity index is 2.00. The molecule has 1 unspecified atom stereocenters. The smallest absolute Gasteiger partial charge is 0.293 e. The minimum Gasteiger partial charge on any atom is -0.293 e. The molecular formula is C15H12F3N4O+. The SMILES string of the molecule is CC(=O)NC1N=c2ccc(-c3cccc(C(F)(F)F)c3)c[n+]2=N1. The zero-order valence-electron chi connectivity index (χ0n) is 12.0. The molecule has 23 heavy (non-hydrogen) atoms. The molecule has 1 atom stereocenters. The summed E-state index contributed by atoms with van der Waals surface area (Å²) in [6.07, 6.45) is -3.53. The molecule has 0 radical (unpaired) electrons. The Morgan fingerprint density at radius 2 is 2.00 bits per heavy atom. The molecule has 0 saturated carbocycles. The van der Waals surface area contributed by atoms with E-state index in [0.717, 1.165) is 12.1 Å². The molecule has 3 rings (SSSR count). The number of hydrogen-bond acceptors (Lipinski definition) is 3. The Bertz CT molecular complexity index is 892. The van der Waals surface area contributed by atoms with E-state index in [1.54, 1.807) is 24.4 Å². The summed E-state index contributed by atoms with van der Waals surface area (Å²) in [4.78, 5) is 15.2. The first-order chi connectivity index (χ1) is 10.8. The number of pyridine rings is 1. The number of rotatable bonds is 2. The number of nitrogens with zero attached hydrogens (tertiary/aromatic N) is 3. The fourth-order valence-corrected chi connectivity index (χ4v) is 2.23. The Kier molecular flexibility index (Phi) is 3.59. The molecular weight excluding hydrogens is 309 g/mol. The van der Waals surface area contributed by atoms with Crippen molar-refractivity contribution in [3.05, 3.63) is 53.6 Å². The summed E-state index contributed by atoms with van der Waals surface area (Å²) in [7, 11) is 0. The van der Waals surface area contributed by atoms with Crippen LogP contribution < -0.4 is 15.2 Å². The number of nitrogens with one attached hydrogen (secondary N) is 1. The number of halogens is 3. The molecule has 1 aliphatic heterocycles. The van der Waals surface area contributed by atoms with Crippen molar-refractivity contribution < 1.29 is 22.3 Å². The van der Waals surface area contributed by atoms with Crippen LogP contribution in [0.25, 0.3) is 11.1 Å². The minimum atomic E-state index is -4.39. The highest BCUT2D eigenvalue weighted by atomic mass is 19.4. The van der Waals surface area contributed by atoms with E-state index in [1.807, 2.05) is 0 Å². The van der Waals surface area contributed by atoms with Gasteiger partial charge in [-0.3, -0.25) is 10.1 Å². The molecule has 0 aliphatic carbocycles. The van der Waals surface area contributed by atoms with Crippen LogP contribution in [-0.2, 0) is 11.0 Å². The predicted octanol–water partition coefficient (Wildman–Crippen LogP) is 1.74. The van der Waals surface area contributed by atoms with Crippen molar-refractivity contribution in [1.82, 2.24) is 5.32 Å². The van der Waals surface area contributed by atoms with Crippen LogP contribution in [0.5, 0.6) is 0 Å². The van der Waals surface area contributed by atoms with Crippen LogP contribution in [0.3, 0.4) is 0 Å². The third-order valence-corrected chi connectivity index (χ3v) is 3.25. The van der Waals surface area contributed by atoms with Crippen LogP contribution in [0, 0.1) is 0 Å². The molecule has 1 aromatic heterocycles. The molecule has 0 fully saturated rings. The lowest BCUT2D eigenvalue weighted by atomic mass is 10.0. The molecule has 0 saturated heterocycles. The molecule has 8 heteroatoms. The fourth-order valence-electron chi connectivity index (χ4n) is 2.23. The highest BCUT2D eigenvalue weighted by molar-refractivity contribution is 5.73. The van der Waals surface area contributed by atoms with E-state index >= 15 is 0 Å². The molecule has 1 N–H and O–H groups in total. The number of hydrogen-bond donors (Lipinski definition) is 1. The summed E-state index contributed by atoms with van der Waals surface area (Å²) in [5.74, 6) is -0.269. The van der Waals surface area contributed by atoms with Gasteiger partial charge >= 0.3 is 18.0 Å². The summed E-state index contributed by atoms with van der Waals surface area (Å²) < 4.78 is 39.8. The van der Waals surface area contributed by atoms with Crippen LogP contribution in [-0.4, -0.2) is 12.2 Å². The maximum absolute atomic E-state index is 12.8. The maximum atomic E-state index is 12.8. The average Bonchev–Trinajstić information content (AvgIpc) is 2.86. The van der Waals surface area contributed by atoms with Crippen LogP contribution in [0.15, 0.2) is 52.7 Å². The molecule has 5 nitrogen and oxygen atoms in total. The first kappa shape index (κ1) is 15.1. The highest BCUT2D eigenvalue weighted by Crippen LogP contribution is 2.31. The van der Waals surface area contributed by atoms with Gasteiger partial charge in [-0.2, -0.15) is 13.2 Å². The van der Waals surface area contributed by atoms with Crippen LogP contribution in [0.2, 0.25) is 0 Å². The van der Waals surface area contributed by atoms with Gasteiger partial charge in [-0.05, 0) is 33.9 Å². The number of carbonyl (C=O) groups is 1. The van der Waals surface area contributed by atoms with Gasteiger partial charge in [0.2, 0.25) is 5.91 Å². The summed E-state index contributed by atoms with van der Waals surface area (Å²) in [6.45, 7) is 1.35. The zero-order valence-corrected chi connectivity index (χ0v) is 12.0. The Morgan fingerprint density at radius 3 is 2.70 bits per heavy atom. The van der Waals surface area contributed by atoms with E-state index < -0.39 is 18.0 Å². The predicted molar refractivity (Wildman–Crippen MR) is 73.7 cm³/mol. The Morgan fingerprint density at radius 1 is 1.22 bits per heavy atom. The van der Waals surface area contributed by atoms with Gasteiger partial charge in [0, 0.05) is 18.6 Å². The third kappa shape index (κ3) is 3.20. The van der Waals surface area contributed by atoms with Gasteiger partial charge in [-0.1, -0.05) is 16.5 Å². The molecule has 1 aliphatic rings. The zero-order chi connectivity index (χ0) is 16.6. The lowest BCUT2D eigenvalue weighted by Gasteiger charge is -2.07. The summed E-state index contributed by atoms with van der Waals surface area (Å²) >= 11 is 0. The Labute approximate surface area is 128 Å². The monoisotopic (exact) mass is 321 g/mol. The fraction of sp³-hybridized carbons (Fsp3) is 0.200. The van der Waals surface area contributed by atoms with Gasteiger partial charge in [-0.25, -0.2) is 0 Å². The van der Waals surface area contributed by atoms with Crippen molar-refractivity contribution in [3.8, 4) is 11.1 Å². The Hall–Kier alpha value is -2.77. The van der Waals surface area contributed by atoms with Crippen molar-refractivity contribution in [3.63, 3.8) is 0 Å². The van der Waals surface area contributed by atoms with Crippen molar-refractivity contribution in [2.75, 3.05) is 0 Å². The van der Waals surface area contributed by atoms with Gasteiger partial charge in [0.05, 0.1) is 5.56 Å². The van der Waals surface area contributed by atoms with Crippen molar-refractivity contribution >= 4 is 5.91 Å². The van der Waals surface area contributed by atoms with Gasteiger partial charge < -0.3 is 0 Å². The van der Waals surface area contributed by atoms with E-state index in [-0.39, 0.29) is 5.91 Å². The van der Waals surface area contributed by atoms with E-state index in [1.165, 1.54) is 17.4 Å². The van der Waals surface area contributed by atoms with Gasteiger partial charge in [0.1, 0.15) is 6.20 Å². The largest absolute Gasteiger partial charge is 0.416 e. The average molecular weight is 321 g/mol. The van der Waals surface area contributed by atoms with Crippen LogP contribution in [0.1, 0.15) is 12.5 Å². The van der Waals surface area contributed by atoms with Gasteiger partial charge in [0.25, 0.3) is 0 Å². The second-order valence-electron chi connectivity index (χ2n) is 5.02. The maximum Gasteiger partial charge on any atom is 0.416 e. The molecule has 1 aromatic carbocycles. The topological polar surface area (TPSA) is 59.7 Å². The van der Waals surface area contributed by atoms with E-state index in [9.17, 15) is 18.0 Å². The second kappa shape index (κ2) is 5.45. The summed E-state index contributed by atoms with van der Waals surface area (Å²) in [5.41, 5.74) is 0.799. The molecule has 118 valence electrons. The summed E-state index contributed by atoms with van der Waals surface area (Å²) in [6, 6.07) is 8.36. The first-order valence-corrected chi connectivity index (χ1v) is 6.75. The molecule has 2 heterocycles. The van der Waals surface area contributed by atoms with Crippen molar-refractivity contribution in [1.29, 1.82) is 0 Å². The minimum absolute atomic E-state index is 0.269. The molecule has 2 aromatic rings. The standard InChI is InChI=1S/C15H11F3N4O/c1-9(23)19-14-20-13-6-5-11(8-22(13)21-14)10-3-2-4-12(7-10)15(16,17)18/h2-8,14H,1H3/p+1. The van der Waals surface area contributed by atoms with E-state index in [0.29, 0.717) is 16.6 Å². The lowest BCUT2D eigenvalue weighted by molar-refractivity contribution is -0.559. The normalized spacial score (nSPS) is 16.3. The van der Waals surface area contributed by atoms with Crippen LogP contribution in [0.4, 0.5) is 13.2 Å². The molecule has 0 bridgehead atoms. The first-order valence-electron chi connectivity index (χ1n) is 6.75. The number of alkyl halides is 3. The third-order valence-electron chi connectivity index (χ3n) is 3.25. The van der Waals surface area contributed by atoms with E-state index in [2.05, 4.69) is 15.4 Å².